The molecule has 0 atom stereocenters. The van der Waals surface area contributed by atoms with Crippen LogP contribution >= 0.6 is 0 Å². The lowest BCUT2D eigenvalue weighted by Gasteiger charge is -2.34. The Bertz CT molecular complexity index is 549. The number of unbranched alkanes of at least 4 members (excludes halogenated alkanes) is 1. The van der Waals surface area contributed by atoms with Crippen LogP contribution < -0.4 is 0 Å². The molecule has 1 aromatic rings. The van der Waals surface area contributed by atoms with Crippen molar-refractivity contribution < 1.29 is 14.6 Å². The van der Waals surface area contributed by atoms with E-state index in [1.165, 1.54) is 0 Å². The zero-order valence-corrected chi connectivity index (χ0v) is 14.6. The molecular weight excluding hydrogens is 306 g/mol. The lowest BCUT2D eigenvalue weighted by Crippen LogP contribution is -2.49. The fraction of sp³-hybridized carbons (Fsp3) is 0.556. The normalized spacial score (nSPS) is 16.3. The van der Waals surface area contributed by atoms with E-state index in [0.29, 0.717) is 25.3 Å². The number of carbonyl (C=O) groups is 1. The summed E-state index contributed by atoms with van der Waals surface area (Å²) in [4.78, 5) is 20.8. The van der Waals surface area contributed by atoms with Crippen LogP contribution in [0.15, 0.2) is 24.4 Å². The number of methoxy groups -OCH3 is 1. The molecule has 1 aliphatic heterocycles. The molecule has 0 radical (unpaired) electrons. The molecule has 0 aliphatic carbocycles. The number of β-amino-alcohol motifs (C(OH)–C–C–N with tert-alkyl or cyclic N) is 1. The van der Waals surface area contributed by atoms with Gasteiger partial charge in [0.05, 0.1) is 13.7 Å². The van der Waals surface area contributed by atoms with Crippen molar-refractivity contribution in [3.05, 3.63) is 35.7 Å². The predicted octanol–water partition coefficient (Wildman–Crippen LogP) is 1.62. The van der Waals surface area contributed by atoms with Crippen LogP contribution in [0, 0.1) is 0 Å². The first-order valence-electron chi connectivity index (χ1n) is 8.52. The van der Waals surface area contributed by atoms with Crippen LogP contribution in [-0.2, 0) is 4.74 Å². The second-order valence-electron chi connectivity index (χ2n) is 5.85. The summed E-state index contributed by atoms with van der Waals surface area (Å²) in [6.45, 7) is 5.85. The van der Waals surface area contributed by atoms with Gasteiger partial charge < -0.3 is 14.7 Å². The van der Waals surface area contributed by atoms with Gasteiger partial charge in [-0.05, 0) is 24.6 Å². The molecule has 1 amide bonds. The quantitative estimate of drug-likeness (QED) is 0.768. The lowest BCUT2D eigenvalue weighted by atomic mass is 10.1. The average molecular weight is 333 g/mol. The first kappa shape index (κ1) is 18.4. The van der Waals surface area contributed by atoms with E-state index in [0.717, 1.165) is 37.3 Å². The Morgan fingerprint density at radius 1 is 1.33 bits per heavy atom. The van der Waals surface area contributed by atoms with Crippen LogP contribution in [0.5, 0.6) is 0 Å². The van der Waals surface area contributed by atoms with Crippen LogP contribution in [-0.4, -0.2) is 72.2 Å². The summed E-state index contributed by atoms with van der Waals surface area (Å²) >= 11 is 0. The summed E-state index contributed by atoms with van der Waals surface area (Å²) in [5, 5.41) is 8.97. The average Bonchev–Trinajstić information content (AvgIpc) is 2.63. The van der Waals surface area contributed by atoms with Crippen molar-refractivity contribution in [1.29, 1.82) is 0 Å². The second-order valence-corrected chi connectivity index (χ2v) is 5.85. The molecule has 1 N–H and O–H groups in total. The molecule has 2 heterocycles. The smallest absolute Gasteiger partial charge is 0.272 e. The van der Waals surface area contributed by atoms with E-state index in [-0.39, 0.29) is 12.5 Å². The van der Waals surface area contributed by atoms with Crippen molar-refractivity contribution in [1.82, 2.24) is 14.8 Å². The fourth-order valence-electron chi connectivity index (χ4n) is 2.74. The van der Waals surface area contributed by atoms with Crippen molar-refractivity contribution in [2.24, 2.45) is 0 Å². The third kappa shape index (κ3) is 4.79. The number of nitrogens with zero attached hydrogens (tertiary/aromatic N) is 3. The summed E-state index contributed by atoms with van der Waals surface area (Å²) < 4.78 is 5.39. The van der Waals surface area contributed by atoms with Crippen LogP contribution in [0.4, 0.5) is 0 Å². The van der Waals surface area contributed by atoms with E-state index in [1.54, 1.807) is 19.4 Å². The summed E-state index contributed by atoms with van der Waals surface area (Å²) in [6.07, 6.45) is 5.74. The number of pyridine rings is 1. The van der Waals surface area contributed by atoms with Gasteiger partial charge in [-0.1, -0.05) is 13.3 Å². The van der Waals surface area contributed by atoms with E-state index < -0.39 is 0 Å². The van der Waals surface area contributed by atoms with Gasteiger partial charge >= 0.3 is 0 Å². The van der Waals surface area contributed by atoms with Gasteiger partial charge in [0.15, 0.2) is 0 Å². The van der Waals surface area contributed by atoms with Crippen molar-refractivity contribution in [3.8, 4) is 0 Å². The van der Waals surface area contributed by atoms with Gasteiger partial charge in [0.2, 0.25) is 0 Å². The van der Waals surface area contributed by atoms with E-state index in [2.05, 4.69) is 16.8 Å². The number of aromatic nitrogens is 1. The molecule has 132 valence electrons. The topological polar surface area (TPSA) is 65.9 Å². The third-order valence-corrected chi connectivity index (χ3v) is 4.18. The first-order valence-corrected chi connectivity index (χ1v) is 8.52. The van der Waals surface area contributed by atoms with Crippen LogP contribution in [0.25, 0.3) is 5.76 Å². The Kier molecular flexibility index (Phi) is 7.21. The largest absolute Gasteiger partial charge is 0.496 e. The molecule has 6 heteroatoms. The molecule has 0 aromatic carbocycles. The van der Waals surface area contributed by atoms with E-state index >= 15 is 0 Å². The number of aliphatic hydroxyl groups is 1. The number of allylic oxidation sites excluding steroid dienone is 1. The van der Waals surface area contributed by atoms with E-state index in [4.69, 9.17) is 9.84 Å². The highest BCUT2D eigenvalue weighted by Gasteiger charge is 2.22. The van der Waals surface area contributed by atoms with Gasteiger partial charge in [0.1, 0.15) is 11.5 Å². The minimum Gasteiger partial charge on any atom is -0.496 e. The molecule has 1 aliphatic rings. The van der Waals surface area contributed by atoms with Gasteiger partial charge in [0.25, 0.3) is 5.91 Å². The second kappa shape index (κ2) is 9.39. The van der Waals surface area contributed by atoms with Crippen LogP contribution in [0.3, 0.4) is 0 Å². The third-order valence-electron chi connectivity index (χ3n) is 4.18. The maximum atomic E-state index is 12.5. The maximum absolute atomic E-state index is 12.5. The van der Waals surface area contributed by atoms with Crippen LogP contribution in [0.2, 0.25) is 0 Å². The number of rotatable bonds is 7. The maximum Gasteiger partial charge on any atom is 0.272 e. The number of hydrogen-bond donors (Lipinski definition) is 1. The number of aliphatic hydroxyl groups excluding tert-OH is 1. The highest BCUT2D eigenvalue weighted by atomic mass is 16.5. The minimum atomic E-state index is -0.0401. The molecule has 1 aromatic heterocycles. The molecule has 0 saturated carbocycles. The number of carbonyl (C=O) groups excluding carboxylic acids is 1. The summed E-state index contributed by atoms with van der Waals surface area (Å²) in [6, 6.07) is 3.64. The molecular formula is C18H27N3O3. The molecule has 1 fully saturated rings. The molecule has 0 bridgehead atoms. The molecule has 0 spiro atoms. The highest BCUT2D eigenvalue weighted by Crippen LogP contribution is 2.16. The Hall–Kier alpha value is -1.92. The minimum absolute atomic E-state index is 0.0401. The van der Waals surface area contributed by atoms with Crippen molar-refractivity contribution in [3.63, 3.8) is 0 Å². The first-order chi connectivity index (χ1) is 11.7. The van der Waals surface area contributed by atoms with E-state index in [1.807, 2.05) is 17.0 Å². The van der Waals surface area contributed by atoms with Crippen molar-refractivity contribution in [2.75, 3.05) is 46.4 Å². The summed E-state index contributed by atoms with van der Waals surface area (Å²) in [7, 11) is 1.65. The zero-order chi connectivity index (χ0) is 17.4. The van der Waals surface area contributed by atoms with Crippen molar-refractivity contribution in [2.45, 2.75) is 19.8 Å². The van der Waals surface area contributed by atoms with Crippen LogP contribution in [0.1, 0.15) is 35.8 Å². The number of ether oxygens (including phenoxy) is 1. The monoisotopic (exact) mass is 333 g/mol. The highest BCUT2D eigenvalue weighted by molar-refractivity contribution is 5.92. The van der Waals surface area contributed by atoms with Crippen molar-refractivity contribution >= 4 is 11.7 Å². The number of piperazine rings is 1. The van der Waals surface area contributed by atoms with Gasteiger partial charge in [-0.25, -0.2) is 0 Å². The molecule has 0 unspecified atom stereocenters. The Balaban J connectivity index is 1.99. The van der Waals surface area contributed by atoms with Gasteiger partial charge in [0, 0.05) is 44.5 Å². The standard InChI is InChI=1S/C18H27N3O3/c1-3-4-5-17(24-2)15-6-7-16(19-14-15)18(23)21-10-8-20(9-11-21)12-13-22/h5-7,14,22H,3-4,8-13H2,1-2H3/b17-5-. The Morgan fingerprint density at radius 3 is 2.62 bits per heavy atom. The number of amides is 1. The van der Waals surface area contributed by atoms with E-state index in [9.17, 15) is 4.79 Å². The Labute approximate surface area is 143 Å². The van der Waals surface area contributed by atoms with Gasteiger partial charge in [-0.3, -0.25) is 14.7 Å². The lowest BCUT2D eigenvalue weighted by molar-refractivity contribution is 0.0609. The molecule has 24 heavy (non-hydrogen) atoms. The molecule has 1 saturated heterocycles. The molecule has 2 rings (SSSR count). The molecule has 6 nitrogen and oxygen atoms in total. The predicted molar refractivity (Wildman–Crippen MR) is 93.6 cm³/mol. The van der Waals surface area contributed by atoms with Gasteiger partial charge in [-0.2, -0.15) is 0 Å². The van der Waals surface area contributed by atoms with Gasteiger partial charge in [-0.15, -0.1) is 0 Å². The number of hydrogen-bond acceptors (Lipinski definition) is 5. The summed E-state index contributed by atoms with van der Waals surface area (Å²) in [5.41, 5.74) is 1.34. The SMILES string of the molecule is CCC/C=C(\OC)c1ccc(C(=O)N2CCN(CCO)CC2)nc1. The Morgan fingerprint density at radius 2 is 2.08 bits per heavy atom. The fourth-order valence-corrected chi connectivity index (χ4v) is 2.74. The summed E-state index contributed by atoms with van der Waals surface area (Å²) in [5.74, 6) is 0.752. The zero-order valence-electron chi connectivity index (χ0n) is 14.6.